The number of hydrogen-bond donors (Lipinski definition) is 2. The van der Waals surface area contributed by atoms with Crippen molar-refractivity contribution in [3.05, 3.63) is 29.3 Å². The average Bonchev–Trinajstić information content (AvgIpc) is 2.37. The second kappa shape index (κ2) is 6.13. The molecule has 7 heteroatoms. The van der Waals surface area contributed by atoms with Crippen molar-refractivity contribution < 1.29 is 23.1 Å². The van der Waals surface area contributed by atoms with Crippen LogP contribution >= 0.6 is 0 Å². The largest absolute Gasteiger partial charge is 0.478 e. The summed E-state index contributed by atoms with van der Waals surface area (Å²) in [5.41, 5.74) is 0.486. The number of benzene rings is 1. The molecule has 0 aliphatic heterocycles. The van der Waals surface area contributed by atoms with Gasteiger partial charge in [0.2, 0.25) is 10.0 Å². The van der Waals surface area contributed by atoms with Crippen LogP contribution in [0.4, 0.5) is 0 Å². The van der Waals surface area contributed by atoms with Gasteiger partial charge >= 0.3 is 5.97 Å². The van der Waals surface area contributed by atoms with Gasteiger partial charge < -0.3 is 9.84 Å². The molecule has 6 nitrogen and oxygen atoms in total. The lowest BCUT2D eigenvalue weighted by molar-refractivity contribution is 0.00319. The van der Waals surface area contributed by atoms with Crippen molar-refractivity contribution in [2.24, 2.45) is 5.92 Å². The van der Waals surface area contributed by atoms with Gasteiger partial charge in [0.05, 0.1) is 16.6 Å². The fraction of sp³-hybridized carbons (Fsp3) is 0.500. The molecule has 21 heavy (non-hydrogen) atoms. The normalized spacial score (nSPS) is 21.8. The smallest absolute Gasteiger partial charge is 0.335 e. The number of methoxy groups -OCH3 is 1. The molecule has 2 N–H and O–H groups in total. The lowest BCUT2D eigenvalue weighted by atomic mass is 9.82. The molecule has 0 atom stereocenters. The van der Waals surface area contributed by atoms with Crippen molar-refractivity contribution in [1.29, 1.82) is 0 Å². The van der Waals surface area contributed by atoms with Crippen molar-refractivity contribution in [3.8, 4) is 0 Å². The average molecular weight is 313 g/mol. The number of ether oxygens (including phenoxy) is 1. The summed E-state index contributed by atoms with van der Waals surface area (Å²) in [5, 5.41) is 8.96. The molecule has 1 aliphatic carbocycles. The minimum absolute atomic E-state index is 0.0185. The molecule has 1 aliphatic rings. The highest BCUT2D eigenvalue weighted by molar-refractivity contribution is 7.89. The van der Waals surface area contributed by atoms with E-state index in [1.54, 1.807) is 14.0 Å². The molecule has 116 valence electrons. The van der Waals surface area contributed by atoms with E-state index in [0.717, 1.165) is 12.8 Å². The summed E-state index contributed by atoms with van der Waals surface area (Å²) in [5.74, 6) is -0.874. The molecule has 1 saturated carbocycles. The molecule has 0 aromatic heterocycles. The van der Waals surface area contributed by atoms with Crippen LogP contribution in [0.1, 0.15) is 28.8 Å². The van der Waals surface area contributed by atoms with Crippen LogP contribution in [0.15, 0.2) is 23.1 Å². The van der Waals surface area contributed by atoms with Crippen molar-refractivity contribution in [2.75, 3.05) is 13.7 Å². The second-order valence-corrected chi connectivity index (χ2v) is 7.07. The molecule has 1 aromatic carbocycles. The van der Waals surface area contributed by atoms with Crippen LogP contribution in [0.25, 0.3) is 0 Å². The third-order valence-corrected chi connectivity index (χ3v) is 5.38. The van der Waals surface area contributed by atoms with E-state index in [-0.39, 0.29) is 22.5 Å². The number of hydrogen-bond acceptors (Lipinski definition) is 4. The van der Waals surface area contributed by atoms with Crippen molar-refractivity contribution in [3.63, 3.8) is 0 Å². The summed E-state index contributed by atoms with van der Waals surface area (Å²) in [6.07, 6.45) is 1.90. The third-order valence-electron chi connectivity index (χ3n) is 3.81. The first-order chi connectivity index (χ1) is 9.83. The fourth-order valence-corrected chi connectivity index (χ4v) is 3.75. The van der Waals surface area contributed by atoms with E-state index in [1.807, 2.05) is 0 Å². The van der Waals surface area contributed by atoms with Crippen LogP contribution in [0.2, 0.25) is 0 Å². The monoisotopic (exact) mass is 313 g/mol. The summed E-state index contributed by atoms with van der Waals surface area (Å²) < 4.78 is 32.3. The maximum atomic E-state index is 12.3. The number of carboxylic acid groups (broad SMARTS) is 1. The Labute approximate surface area is 124 Å². The van der Waals surface area contributed by atoms with Gasteiger partial charge in [-0.3, -0.25) is 0 Å². The minimum atomic E-state index is -3.70. The van der Waals surface area contributed by atoms with Gasteiger partial charge in [-0.1, -0.05) is 6.07 Å². The summed E-state index contributed by atoms with van der Waals surface area (Å²) in [6.45, 7) is 1.99. The Hall–Kier alpha value is -1.44. The van der Waals surface area contributed by atoms with E-state index in [9.17, 15) is 13.2 Å². The SMILES string of the molecule is COC1CC(CNS(=O)(=O)c2cc(C(=O)O)ccc2C)C1. The minimum Gasteiger partial charge on any atom is -0.478 e. The molecule has 0 heterocycles. The van der Waals surface area contributed by atoms with E-state index in [2.05, 4.69) is 4.72 Å². The van der Waals surface area contributed by atoms with E-state index in [1.165, 1.54) is 18.2 Å². The first kappa shape index (κ1) is 15.9. The summed E-state index contributed by atoms with van der Waals surface area (Å²) in [4.78, 5) is 11.0. The van der Waals surface area contributed by atoms with Gasteiger partial charge in [0.1, 0.15) is 0 Å². The van der Waals surface area contributed by atoms with Crippen molar-refractivity contribution in [1.82, 2.24) is 4.72 Å². The van der Waals surface area contributed by atoms with Gasteiger partial charge in [0, 0.05) is 13.7 Å². The number of aromatic carboxylic acids is 1. The maximum absolute atomic E-state index is 12.3. The second-order valence-electron chi connectivity index (χ2n) is 5.33. The highest BCUT2D eigenvalue weighted by Crippen LogP contribution is 2.29. The van der Waals surface area contributed by atoms with Gasteiger partial charge in [-0.05, 0) is 43.4 Å². The number of sulfonamides is 1. The summed E-state index contributed by atoms with van der Waals surface area (Å²) in [6, 6.07) is 4.09. The Morgan fingerprint density at radius 2 is 2.10 bits per heavy atom. The molecule has 0 spiro atoms. The highest BCUT2D eigenvalue weighted by atomic mass is 32.2. The van der Waals surface area contributed by atoms with Gasteiger partial charge in [0.25, 0.3) is 0 Å². The molecule has 2 rings (SSSR count). The van der Waals surface area contributed by atoms with Crippen LogP contribution in [0.3, 0.4) is 0 Å². The lowest BCUT2D eigenvalue weighted by Crippen LogP contribution is -2.39. The first-order valence-corrected chi connectivity index (χ1v) is 8.18. The summed E-state index contributed by atoms with van der Waals surface area (Å²) >= 11 is 0. The van der Waals surface area contributed by atoms with E-state index in [4.69, 9.17) is 9.84 Å². The molecule has 0 unspecified atom stereocenters. The van der Waals surface area contributed by atoms with E-state index >= 15 is 0 Å². The zero-order chi connectivity index (χ0) is 15.6. The molecule has 0 amide bonds. The molecule has 1 fully saturated rings. The Kier molecular flexibility index (Phi) is 4.65. The van der Waals surface area contributed by atoms with Crippen LogP contribution < -0.4 is 4.72 Å². The van der Waals surface area contributed by atoms with Crippen LogP contribution in [-0.2, 0) is 14.8 Å². The molecule has 0 bridgehead atoms. The Balaban J connectivity index is 2.09. The number of aryl methyl sites for hydroxylation is 1. The Morgan fingerprint density at radius 3 is 2.67 bits per heavy atom. The lowest BCUT2D eigenvalue weighted by Gasteiger charge is -2.34. The summed E-state index contributed by atoms with van der Waals surface area (Å²) in [7, 11) is -2.05. The Morgan fingerprint density at radius 1 is 1.43 bits per heavy atom. The molecular weight excluding hydrogens is 294 g/mol. The van der Waals surface area contributed by atoms with Gasteiger partial charge in [-0.2, -0.15) is 0 Å². The Bertz CT molecular complexity index is 635. The van der Waals surface area contributed by atoms with Crippen LogP contribution in [0.5, 0.6) is 0 Å². The fourth-order valence-electron chi connectivity index (χ4n) is 2.36. The molecule has 0 saturated heterocycles. The third kappa shape index (κ3) is 3.61. The zero-order valence-electron chi connectivity index (χ0n) is 12.0. The quantitative estimate of drug-likeness (QED) is 0.828. The predicted molar refractivity (Wildman–Crippen MR) is 76.8 cm³/mol. The van der Waals surface area contributed by atoms with Crippen molar-refractivity contribution >= 4 is 16.0 Å². The van der Waals surface area contributed by atoms with Crippen molar-refractivity contribution in [2.45, 2.75) is 30.8 Å². The number of carboxylic acids is 1. The number of carbonyl (C=O) groups is 1. The topological polar surface area (TPSA) is 92.7 Å². The van der Waals surface area contributed by atoms with Gasteiger partial charge in [0.15, 0.2) is 0 Å². The predicted octanol–water partition coefficient (Wildman–Crippen LogP) is 1.40. The van der Waals surface area contributed by atoms with Gasteiger partial charge in [-0.25, -0.2) is 17.9 Å². The van der Waals surface area contributed by atoms with Gasteiger partial charge in [-0.15, -0.1) is 0 Å². The number of rotatable bonds is 6. The zero-order valence-corrected chi connectivity index (χ0v) is 12.8. The van der Waals surface area contributed by atoms with E-state index in [0.29, 0.717) is 12.1 Å². The molecule has 1 aromatic rings. The first-order valence-electron chi connectivity index (χ1n) is 6.70. The van der Waals surface area contributed by atoms with E-state index < -0.39 is 16.0 Å². The maximum Gasteiger partial charge on any atom is 0.335 e. The molecule has 0 radical (unpaired) electrons. The highest BCUT2D eigenvalue weighted by Gasteiger charge is 2.30. The van der Waals surface area contributed by atoms with Crippen LogP contribution in [-0.4, -0.2) is 39.3 Å². The molecular formula is C14H19NO5S. The number of nitrogens with one attached hydrogen (secondary N) is 1. The van der Waals surface area contributed by atoms with Crippen LogP contribution in [0, 0.1) is 12.8 Å². The standard InChI is InChI=1S/C14H19NO5S/c1-9-3-4-11(14(16)17)7-13(9)21(18,19)15-8-10-5-12(6-10)20-2/h3-4,7,10,12,15H,5-6,8H2,1-2H3,(H,16,17).